The Hall–Kier alpha value is -1.27. The Morgan fingerprint density at radius 2 is 1.93 bits per heavy atom. The number of carbonyl (C=O) groups excluding carboxylic acids is 1. The van der Waals surface area contributed by atoms with Crippen LogP contribution in [0.4, 0.5) is 13.2 Å². The molecule has 15 heavy (non-hydrogen) atoms. The van der Waals surface area contributed by atoms with Crippen molar-refractivity contribution in [2.75, 3.05) is 6.54 Å². The Morgan fingerprint density at radius 3 is 2.33 bits per heavy atom. The molecule has 0 aromatic rings. The lowest BCUT2D eigenvalue weighted by atomic mass is 10.0. The number of halogens is 3. The van der Waals surface area contributed by atoms with Gasteiger partial charge >= 0.3 is 18.1 Å². The van der Waals surface area contributed by atoms with Crippen molar-refractivity contribution in [1.82, 2.24) is 5.32 Å². The van der Waals surface area contributed by atoms with Gasteiger partial charge in [-0.15, -0.1) is 0 Å². The number of rotatable bonds is 5. The Labute approximate surface area is 84.5 Å². The van der Waals surface area contributed by atoms with Crippen LogP contribution in [0.5, 0.6) is 0 Å². The van der Waals surface area contributed by atoms with Crippen molar-refractivity contribution in [3.8, 4) is 0 Å². The van der Waals surface area contributed by atoms with Crippen LogP contribution in [0.1, 0.15) is 19.8 Å². The minimum Gasteiger partial charge on any atom is -0.481 e. The zero-order valence-corrected chi connectivity index (χ0v) is 8.10. The molecule has 0 saturated carbocycles. The first kappa shape index (κ1) is 13.7. The lowest BCUT2D eigenvalue weighted by molar-refractivity contribution is -0.173. The topological polar surface area (TPSA) is 66.4 Å². The lowest BCUT2D eigenvalue weighted by Crippen LogP contribution is -2.37. The first-order chi connectivity index (χ1) is 6.73. The summed E-state index contributed by atoms with van der Waals surface area (Å²) in [5, 5.41) is 10.0. The van der Waals surface area contributed by atoms with Gasteiger partial charge in [0.25, 0.3) is 0 Å². The molecule has 0 aromatic heterocycles. The van der Waals surface area contributed by atoms with E-state index >= 15 is 0 Å². The molecule has 4 nitrogen and oxygen atoms in total. The van der Waals surface area contributed by atoms with Gasteiger partial charge in [0.15, 0.2) is 0 Å². The first-order valence-electron chi connectivity index (χ1n) is 4.30. The van der Waals surface area contributed by atoms with Gasteiger partial charge in [0.2, 0.25) is 0 Å². The molecule has 0 aromatic carbocycles. The van der Waals surface area contributed by atoms with Crippen LogP contribution in [0.15, 0.2) is 0 Å². The average molecular weight is 227 g/mol. The molecule has 0 saturated heterocycles. The molecule has 0 rings (SSSR count). The highest BCUT2D eigenvalue weighted by Crippen LogP contribution is 2.14. The molecule has 0 aliphatic heterocycles. The second kappa shape index (κ2) is 5.57. The van der Waals surface area contributed by atoms with E-state index in [0.717, 1.165) is 0 Å². The quantitative estimate of drug-likeness (QED) is 0.740. The average Bonchev–Trinajstić information content (AvgIpc) is 2.00. The summed E-state index contributed by atoms with van der Waals surface area (Å²) >= 11 is 0. The van der Waals surface area contributed by atoms with Gasteiger partial charge in [-0.3, -0.25) is 9.59 Å². The van der Waals surface area contributed by atoms with Crippen molar-refractivity contribution in [1.29, 1.82) is 0 Å². The van der Waals surface area contributed by atoms with E-state index in [-0.39, 0.29) is 25.3 Å². The summed E-state index contributed by atoms with van der Waals surface area (Å²) in [4.78, 5) is 20.5. The van der Waals surface area contributed by atoms with Crippen LogP contribution in [0.3, 0.4) is 0 Å². The standard InChI is InChI=1S/C8H12F3NO3/c1-5(4-6(13)14)2-3-12-7(15)8(9,10)11/h5H,2-4H2,1H3,(H,12,15)(H,13,14)/t5-/m1/s1. The van der Waals surface area contributed by atoms with E-state index in [2.05, 4.69) is 0 Å². The Bertz CT molecular complexity index is 240. The van der Waals surface area contributed by atoms with Gasteiger partial charge in [0.05, 0.1) is 0 Å². The summed E-state index contributed by atoms with van der Waals surface area (Å²) in [5.74, 6) is -3.27. The minimum absolute atomic E-state index is 0.123. The second-order valence-electron chi connectivity index (χ2n) is 3.25. The summed E-state index contributed by atoms with van der Waals surface area (Å²) in [6.45, 7) is 1.42. The van der Waals surface area contributed by atoms with E-state index in [9.17, 15) is 22.8 Å². The van der Waals surface area contributed by atoms with E-state index in [0.29, 0.717) is 0 Å². The lowest BCUT2D eigenvalue weighted by Gasteiger charge is -2.10. The van der Waals surface area contributed by atoms with E-state index < -0.39 is 18.1 Å². The van der Waals surface area contributed by atoms with E-state index in [1.54, 1.807) is 12.2 Å². The predicted molar refractivity (Wildman–Crippen MR) is 45.1 cm³/mol. The molecular formula is C8H12F3NO3. The number of carboxylic acids is 1. The van der Waals surface area contributed by atoms with Crippen molar-refractivity contribution >= 4 is 11.9 Å². The molecule has 0 bridgehead atoms. The van der Waals surface area contributed by atoms with Crippen LogP contribution < -0.4 is 5.32 Å². The molecule has 2 N–H and O–H groups in total. The third-order valence-corrected chi connectivity index (χ3v) is 1.70. The molecule has 1 atom stereocenters. The third-order valence-electron chi connectivity index (χ3n) is 1.70. The van der Waals surface area contributed by atoms with Crippen LogP contribution in [0.2, 0.25) is 0 Å². The highest BCUT2D eigenvalue weighted by molar-refractivity contribution is 5.81. The van der Waals surface area contributed by atoms with Gasteiger partial charge in [0, 0.05) is 13.0 Å². The van der Waals surface area contributed by atoms with Gasteiger partial charge in [-0.25, -0.2) is 0 Å². The molecular weight excluding hydrogens is 215 g/mol. The monoisotopic (exact) mass is 227 g/mol. The largest absolute Gasteiger partial charge is 0.481 e. The molecule has 0 unspecified atom stereocenters. The molecule has 0 radical (unpaired) electrons. The summed E-state index contributed by atoms with van der Waals surface area (Å²) in [7, 11) is 0. The smallest absolute Gasteiger partial charge is 0.471 e. The Kier molecular flexibility index (Phi) is 5.10. The summed E-state index contributed by atoms with van der Waals surface area (Å²) in [6.07, 6.45) is -4.80. The zero-order chi connectivity index (χ0) is 12.1. The summed E-state index contributed by atoms with van der Waals surface area (Å²) < 4.78 is 35.0. The van der Waals surface area contributed by atoms with Crippen LogP contribution in [-0.4, -0.2) is 29.7 Å². The second-order valence-corrected chi connectivity index (χ2v) is 3.25. The zero-order valence-electron chi connectivity index (χ0n) is 8.10. The number of carboxylic acid groups (broad SMARTS) is 1. The molecule has 1 amide bonds. The van der Waals surface area contributed by atoms with Crippen LogP contribution in [-0.2, 0) is 9.59 Å². The van der Waals surface area contributed by atoms with Crippen molar-refractivity contribution in [2.24, 2.45) is 5.92 Å². The maximum atomic E-state index is 11.7. The molecule has 7 heteroatoms. The van der Waals surface area contributed by atoms with Crippen LogP contribution in [0.25, 0.3) is 0 Å². The van der Waals surface area contributed by atoms with E-state index in [4.69, 9.17) is 5.11 Å². The van der Waals surface area contributed by atoms with Crippen molar-refractivity contribution in [3.05, 3.63) is 0 Å². The van der Waals surface area contributed by atoms with Gasteiger partial charge < -0.3 is 10.4 Å². The number of carbonyl (C=O) groups is 2. The highest BCUT2D eigenvalue weighted by atomic mass is 19.4. The predicted octanol–water partition coefficient (Wildman–Crippen LogP) is 1.17. The third kappa shape index (κ3) is 6.75. The van der Waals surface area contributed by atoms with Gasteiger partial charge in [-0.1, -0.05) is 6.92 Å². The fraction of sp³-hybridized carbons (Fsp3) is 0.750. The van der Waals surface area contributed by atoms with Crippen LogP contribution in [0, 0.1) is 5.92 Å². The Morgan fingerprint density at radius 1 is 1.40 bits per heavy atom. The molecule has 0 aliphatic carbocycles. The number of hydrogen-bond acceptors (Lipinski definition) is 2. The molecule has 88 valence electrons. The molecule has 0 spiro atoms. The minimum atomic E-state index is -4.88. The summed E-state index contributed by atoms with van der Waals surface area (Å²) in [6, 6.07) is 0. The number of aliphatic carboxylic acids is 1. The maximum Gasteiger partial charge on any atom is 0.471 e. The number of amides is 1. The Balaban J connectivity index is 3.71. The SMILES string of the molecule is C[C@H](CCNC(=O)C(F)(F)F)CC(=O)O. The fourth-order valence-corrected chi connectivity index (χ4v) is 0.932. The number of hydrogen-bond donors (Lipinski definition) is 2. The fourth-order valence-electron chi connectivity index (χ4n) is 0.932. The van der Waals surface area contributed by atoms with E-state index in [1.165, 1.54) is 0 Å². The summed E-state index contributed by atoms with van der Waals surface area (Å²) in [5.41, 5.74) is 0. The van der Waals surface area contributed by atoms with Crippen molar-refractivity contribution in [3.63, 3.8) is 0 Å². The molecule has 0 fully saturated rings. The van der Waals surface area contributed by atoms with Crippen molar-refractivity contribution in [2.45, 2.75) is 25.9 Å². The van der Waals surface area contributed by atoms with Gasteiger partial charge in [-0.05, 0) is 12.3 Å². The van der Waals surface area contributed by atoms with Crippen molar-refractivity contribution < 1.29 is 27.9 Å². The van der Waals surface area contributed by atoms with Crippen LogP contribution >= 0.6 is 0 Å². The number of nitrogens with one attached hydrogen (secondary N) is 1. The highest BCUT2D eigenvalue weighted by Gasteiger charge is 2.38. The molecule has 0 heterocycles. The van der Waals surface area contributed by atoms with Gasteiger partial charge in [0.1, 0.15) is 0 Å². The van der Waals surface area contributed by atoms with E-state index in [1.807, 2.05) is 0 Å². The van der Waals surface area contributed by atoms with Gasteiger partial charge in [-0.2, -0.15) is 13.2 Å². The first-order valence-corrected chi connectivity index (χ1v) is 4.30. The molecule has 0 aliphatic rings. The normalized spacial score (nSPS) is 13.3. The maximum absolute atomic E-state index is 11.7. The number of alkyl halides is 3.